The summed E-state index contributed by atoms with van der Waals surface area (Å²) in [4.78, 5) is 0. The van der Waals surface area contributed by atoms with E-state index >= 15 is 0 Å². The molecular formula is C17H18ClNO. The van der Waals surface area contributed by atoms with Gasteiger partial charge in [-0.15, -0.1) is 0 Å². The lowest BCUT2D eigenvalue weighted by Crippen LogP contribution is -2.29. The molecule has 2 unspecified atom stereocenters. The average Bonchev–Trinajstić information content (AvgIpc) is 2.46. The number of benzene rings is 2. The molecule has 0 spiro atoms. The van der Waals surface area contributed by atoms with Gasteiger partial charge in [0, 0.05) is 22.2 Å². The van der Waals surface area contributed by atoms with Crippen LogP contribution in [-0.4, -0.2) is 6.61 Å². The van der Waals surface area contributed by atoms with E-state index in [1.807, 2.05) is 31.2 Å². The summed E-state index contributed by atoms with van der Waals surface area (Å²) in [6.07, 6.45) is 0. The predicted molar refractivity (Wildman–Crippen MR) is 83.7 cm³/mol. The van der Waals surface area contributed by atoms with E-state index in [4.69, 9.17) is 16.3 Å². The summed E-state index contributed by atoms with van der Waals surface area (Å²) in [7, 11) is 0. The summed E-state index contributed by atoms with van der Waals surface area (Å²) in [6.45, 7) is 4.97. The highest BCUT2D eigenvalue weighted by molar-refractivity contribution is 6.31. The van der Waals surface area contributed by atoms with Crippen LogP contribution >= 0.6 is 11.6 Å². The molecule has 0 radical (unpaired) electrons. The molecule has 2 aromatic rings. The standard InChI is InChI=1S/C17H18ClNO/c1-11-10-20-16-9-4-3-6-13(16)17(11)19-15-8-5-7-14(18)12(15)2/h3-9,11,17,19H,10H2,1-2H3. The lowest BCUT2D eigenvalue weighted by atomic mass is 9.91. The molecule has 0 aliphatic carbocycles. The van der Waals surface area contributed by atoms with Gasteiger partial charge in [0.15, 0.2) is 0 Å². The molecule has 0 amide bonds. The Bertz CT molecular complexity index is 626. The van der Waals surface area contributed by atoms with Crippen LogP contribution in [-0.2, 0) is 0 Å². The van der Waals surface area contributed by atoms with E-state index < -0.39 is 0 Å². The normalized spacial score (nSPS) is 20.9. The van der Waals surface area contributed by atoms with E-state index in [1.54, 1.807) is 0 Å². The van der Waals surface area contributed by atoms with Crippen molar-refractivity contribution in [2.24, 2.45) is 5.92 Å². The van der Waals surface area contributed by atoms with Crippen molar-refractivity contribution in [2.45, 2.75) is 19.9 Å². The third-order valence-corrected chi connectivity index (χ3v) is 4.31. The molecule has 104 valence electrons. The lowest BCUT2D eigenvalue weighted by Gasteiger charge is -2.33. The van der Waals surface area contributed by atoms with Crippen LogP contribution in [0.15, 0.2) is 42.5 Å². The van der Waals surface area contributed by atoms with Crippen molar-refractivity contribution >= 4 is 17.3 Å². The number of hydrogen-bond donors (Lipinski definition) is 1. The molecule has 1 aliphatic heterocycles. The maximum Gasteiger partial charge on any atom is 0.124 e. The first-order valence-corrected chi connectivity index (χ1v) is 7.28. The maximum atomic E-state index is 6.20. The number of rotatable bonds is 2. The van der Waals surface area contributed by atoms with Crippen LogP contribution < -0.4 is 10.1 Å². The van der Waals surface area contributed by atoms with Gasteiger partial charge >= 0.3 is 0 Å². The first-order chi connectivity index (χ1) is 9.66. The molecule has 3 heteroatoms. The Morgan fingerprint density at radius 3 is 2.80 bits per heavy atom. The minimum Gasteiger partial charge on any atom is -0.493 e. The van der Waals surface area contributed by atoms with Gasteiger partial charge in [-0.2, -0.15) is 0 Å². The molecule has 3 rings (SSSR count). The number of ether oxygens (including phenoxy) is 1. The number of anilines is 1. The molecule has 1 N–H and O–H groups in total. The smallest absolute Gasteiger partial charge is 0.124 e. The van der Waals surface area contributed by atoms with Gasteiger partial charge in [0.1, 0.15) is 5.75 Å². The first-order valence-electron chi connectivity index (χ1n) is 6.90. The zero-order chi connectivity index (χ0) is 14.1. The second-order valence-corrected chi connectivity index (χ2v) is 5.77. The number of nitrogens with one attached hydrogen (secondary N) is 1. The van der Waals surface area contributed by atoms with Gasteiger partial charge in [-0.3, -0.25) is 0 Å². The van der Waals surface area contributed by atoms with Crippen LogP contribution in [0.25, 0.3) is 0 Å². The van der Waals surface area contributed by atoms with Crippen molar-refractivity contribution in [1.82, 2.24) is 0 Å². The van der Waals surface area contributed by atoms with E-state index in [0.717, 1.165) is 28.6 Å². The third kappa shape index (κ3) is 2.36. The van der Waals surface area contributed by atoms with Crippen LogP contribution in [0.5, 0.6) is 5.75 Å². The monoisotopic (exact) mass is 287 g/mol. The van der Waals surface area contributed by atoms with E-state index in [0.29, 0.717) is 5.92 Å². The lowest BCUT2D eigenvalue weighted by molar-refractivity contribution is 0.214. The molecule has 2 nitrogen and oxygen atoms in total. The zero-order valence-electron chi connectivity index (χ0n) is 11.7. The largest absolute Gasteiger partial charge is 0.493 e. The molecule has 20 heavy (non-hydrogen) atoms. The Kier molecular flexibility index (Phi) is 3.58. The molecule has 0 fully saturated rings. The van der Waals surface area contributed by atoms with Crippen LogP contribution in [0.4, 0.5) is 5.69 Å². The fourth-order valence-corrected chi connectivity index (χ4v) is 2.82. The molecule has 0 aromatic heterocycles. The van der Waals surface area contributed by atoms with Crippen molar-refractivity contribution < 1.29 is 4.74 Å². The fourth-order valence-electron chi connectivity index (χ4n) is 2.64. The zero-order valence-corrected chi connectivity index (χ0v) is 12.4. The third-order valence-electron chi connectivity index (χ3n) is 3.90. The van der Waals surface area contributed by atoms with E-state index in [2.05, 4.69) is 30.4 Å². The molecule has 0 bridgehead atoms. The summed E-state index contributed by atoms with van der Waals surface area (Å²) in [5.74, 6) is 1.38. The fraction of sp³-hybridized carbons (Fsp3) is 0.294. The molecule has 2 atom stereocenters. The highest BCUT2D eigenvalue weighted by Gasteiger charge is 2.27. The summed E-state index contributed by atoms with van der Waals surface area (Å²) in [6, 6.07) is 14.4. The van der Waals surface area contributed by atoms with Gasteiger partial charge < -0.3 is 10.1 Å². The van der Waals surface area contributed by atoms with Gasteiger partial charge in [-0.1, -0.05) is 42.8 Å². The van der Waals surface area contributed by atoms with Crippen molar-refractivity contribution in [1.29, 1.82) is 0 Å². The Morgan fingerprint density at radius 1 is 1.15 bits per heavy atom. The Labute approximate surface area is 124 Å². The molecule has 1 heterocycles. The highest BCUT2D eigenvalue weighted by atomic mass is 35.5. The maximum absolute atomic E-state index is 6.20. The molecule has 2 aromatic carbocycles. The summed E-state index contributed by atoms with van der Waals surface area (Å²) < 4.78 is 5.79. The molecule has 1 aliphatic rings. The number of halogens is 1. The Morgan fingerprint density at radius 2 is 1.95 bits per heavy atom. The second-order valence-electron chi connectivity index (χ2n) is 5.36. The Hall–Kier alpha value is -1.67. The van der Waals surface area contributed by atoms with Gasteiger partial charge in [-0.05, 0) is 30.7 Å². The van der Waals surface area contributed by atoms with Crippen molar-refractivity contribution in [3.8, 4) is 5.75 Å². The minimum atomic E-state index is 0.247. The first kappa shape index (κ1) is 13.3. The number of fused-ring (bicyclic) bond motifs is 1. The quantitative estimate of drug-likeness (QED) is 0.854. The number of hydrogen-bond acceptors (Lipinski definition) is 2. The van der Waals surface area contributed by atoms with Gasteiger partial charge in [-0.25, -0.2) is 0 Å². The molecule has 0 saturated carbocycles. The molecular weight excluding hydrogens is 270 g/mol. The summed E-state index contributed by atoms with van der Waals surface area (Å²) in [5.41, 5.74) is 3.39. The van der Waals surface area contributed by atoms with Crippen molar-refractivity contribution in [3.05, 3.63) is 58.6 Å². The second kappa shape index (κ2) is 5.37. The molecule has 0 saturated heterocycles. The van der Waals surface area contributed by atoms with Crippen LogP contribution in [0.2, 0.25) is 5.02 Å². The number of para-hydroxylation sites is 1. The predicted octanol–water partition coefficient (Wildman–Crippen LogP) is 4.83. The van der Waals surface area contributed by atoms with Crippen LogP contribution in [0.1, 0.15) is 24.1 Å². The van der Waals surface area contributed by atoms with Gasteiger partial charge in [0.05, 0.1) is 12.6 Å². The van der Waals surface area contributed by atoms with Gasteiger partial charge in [0.25, 0.3) is 0 Å². The van der Waals surface area contributed by atoms with E-state index in [-0.39, 0.29) is 6.04 Å². The van der Waals surface area contributed by atoms with Gasteiger partial charge in [0.2, 0.25) is 0 Å². The van der Waals surface area contributed by atoms with Crippen LogP contribution in [0, 0.1) is 12.8 Å². The van der Waals surface area contributed by atoms with E-state index in [9.17, 15) is 0 Å². The average molecular weight is 288 g/mol. The minimum absolute atomic E-state index is 0.247. The topological polar surface area (TPSA) is 21.3 Å². The SMILES string of the molecule is Cc1c(Cl)cccc1NC1c2ccccc2OCC1C. The van der Waals surface area contributed by atoms with Crippen molar-refractivity contribution in [2.75, 3.05) is 11.9 Å². The summed E-state index contributed by atoms with van der Waals surface area (Å²) >= 11 is 6.20. The van der Waals surface area contributed by atoms with E-state index in [1.165, 1.54) is 5.56 Å². The van der Waals surface area contributed by atoms with Crippen molar-refractivity contribution in [3.63, 3.8) is 0 Å². The Balaban J connectivity index is 1.96. The summed E-state index contributed by atoms with van der Waals surface area (Å²) in [5, 5.41) is 4.43. The highest BCUT2D eigenvalue weighted by Crippen LogP contribution is 2.38. The van der Waals surface area contributed by atoms with Crippen LogP contribution in [0.3, 0.4) is 0 Å².